The number of carbonyl (C=O) groups is 2. The second-order valence-corrected chi connectivity index (χ2v) is 8.84. The molecular formula is C28H28N2O5. The van der Waals surface area contributed by atoms with E-state index in [1.165, 1.54) is 12.0 Å². The van der Waals surface area contributed by atoms with Gasteiger partial charge in [-0.3, -0.25) is 14.5 Å². The van der Waals surface area contributed by atoms with Crippen molar-refractivity contribution in [2.24, 2.45) is 0 Å². The van der Waals surface area contributed by atoms with Gasteiger partial charge in [0, 0.05) is 12.6 Å². The molecule has 1 saturated heterocycles. The van der Waals surface area contributed by atoms with Crippen LogP contribution in [0, 0.1) is 0 Å². The van der Waals surface area contributed by atoms with Crippen molar-refractivity contribution in [3.8, 4) is 11.5 Å². The van der Waals surface area contributed by atoms with Gasteiger partial charge in [0.2, 0.25) is 5.91 Å². The molecule has 0 radical (unpaired) electrons. The summed E-state index contributed by atoms with van der Waals surface area (Å²) in [6, 6.07) is 21.9. The molecule has 0 saturated carbocycles. The van der Waals surface area contributed by atoms with Crippen LogP contribution in [0.5, 0.6) is 11.5 Å². The zero-order valence-electron chi connectivity index (χ0n) is 19.6. The number of ether oxygens (including phenoxy) is 2. The number of nitrogens with zero attached hydrogens (tertiary/aromatic N) is 2. The Bertz CT molecular complexity index is 1210. The summed E-state index contributed by atoms with van der Waals surface area (Å²) < 4.78 is 11.6. The Hall–Kier alpha value is -3.84. The highest BCUT2D eigenvalue weighted by atomic mass is 16.5. The summed E-state index contributed by atoms with van der Waals surface area (Å²) in [6.07, 6.45) is 0.350. The van der Waals surface area contributed by atoms with Gasteiger partial charge in [0.1, 0.15) is 6.61 Å². The first kappa shape index (κ1) is 22.9. The van der Waals surface area contributed by atoms with Crippen molar-refractivity contribution >= 4 is 17.5 Å². The molecule has 2 aliphatic rings. The van der Waals surface area contributed by atoms with Crippen LogP contribution in [0.2, 0.25) is 0 Å². The van der Waals surface area contributed by atoms with Gasteiger partial charge in [0.25, 0.3) is 5.91 Å². The van der Waals surface area contributed by atoms with E-state index in [2.05, 4.69) is 0 Å². The number of rotatable bonds is 6. The summed E-state index contributed by atoms with van der Waals surface area (Å²) >= 11 is 0. The summed E-state index contributed by atoms with van der Waals surface area (Å²) in [5, 5.41) is 11.4. The monoisotopic (exact) mass is 472 g/mol. The lowest BCUT2D eigenvalue weighted by molar-refractivity contribution is -0.120. The zero-order chi connectivity index (χ0) is 24.4. The molecular weight excluding hydrogens is 444 g/mol. The molecule has 2 aliphatic heterocycles. The van der Waals surface area contributed by atoms with Gasteiger partial charge in [0.15, 0.2) is 17.7 Å². The fraction of sp³-hybridized carbons (Fsp3) is 0.286. The van der Waals surface area contributed by atoms with Crippen LogP contribution in [0.4, 0.5) is 5.69 Å². The Kier molecular flexibility index (Phi) is 6.42. The lowest BCUT2D eigenvalue weighted by atomic mass is 10.1. The number of fused-ring (bicyclic) bond motifs is 2. The summed E-state index contributed by atoms with van der Waals surface area (Å²) in [6.45, 7) is 0.828. The first-order valence-corrected chi connectivity index (χ1v) is 11.8. The number of anilines is 1. The second kappa shape index (κ2) is 9.80. The number of hydrogen-bond donors (Lipinski definition) is 1. The highest BCUT2D eigenvalue weighted by molar-refractivity contribution is 6.07. The van der Waals surface area contributed by atoms with Crippen molar-refractivity contribution < 1.29 is 24.2 Å². The number of aliphatic hydroxyl groups excluding tert-OH is 1. The minimum absolute atomic E-state index is 0.102. The topological polar surface area (TPSA) is 79.3 Å². The summed E-state index contributed by atoms with van der Waals surface area (Å²) in [5.74, 6) is 0.292. The van der Waals surface area contributed by atoms with Crippen LogP contribution in [0.15, 0.2) is 72.8 Å². The molecule has 2 heterocycles. The molecule has 7 nitrogen and oxygen atoms in total. The average molecular weight is 473 g/mol. The maximum absolute atomic E-state index is 13.6. The molecule has 0 spiro atoms. The maximum atomic E-state index is 13.6. The number of methoxy groups -OCH3 is 1. The van der Waals surface area contributed by atoms with Gasteiger partial charge in [-0.1, -0.05) is 60.7 Å². The van der Waals surface area contributed by atoms with Gasteiger partial charge in [-0.2, -0.15) is 0 Å². The van der Waals surface area contributed by atoms with Gasteiger partial charge in [-0.15, -0.1) is 0 Å². The molecule has 1 N–H and O–H groups in total. The Morgan fingerprint density at radius 2 is 1.69 bits per heavy atom. The molecule has 0 aromatic heterocycles. The Labute approximate surface area is 204 Å². The molecule has 1 fully saturated rings. The molecule has 1 unspecified atom stereocenters. The largest absolute Gasteiger partial charge is 0.493 e. The molecule has 2 atom stereocenters. The van der Waals surface area contributed by atoms with E-state index in [1.807, 2.05) is 60.7 Å². The van der Waals surface area contributed by atoms with Gasteiger partial charge >= 0.3 is 0 Å². The normalized spacial score (nSPS) is 19.1. The van der Waals surface area contributed by atoms with Crippen molar-refractivity contribution in [3.63, 3.8) is 0 Å². The van der Waals surface area contributed by atoms with Crippen LogP contribution in [0.25, 0.3) is 0 Å². The van der Waals surface area contributed by atoms with Crippen LogP contribution < -0.4 is 14.4 Å². The molecule has 7 heteroatoms. The van der Waals surface area contributed by atoms with E-state index in [1.54, 1.807) is 17.0 Å². The predicted molar refractivity (Wildman–Crippen MR) is 131 cm³/mol. The van der Waals surface area contributed by atoms with E-state index in [-0.39, 0.29) is 18.2 Å². The van der Waals surface area contributed by atoms with Crippen LogP contribution >= 0.6 is 0 Å². The molecule has 35 heavy (non-hydrogen) atoms. The number of benzene rings is 3. The summed E-state index contributed by atoms with van der Waals surface area (Å²) in [7, 11) is 1.52. The molecule has 0 aliphatic carbocycles. The molecule has 0 bridgehead atoms. The molecule has 2 amide bonds. The highest BCUT2D eigenvalue weighted by Crippen LogP contribution is 2.41. The fourth-order valence-electron chi connectivity index (χ4n) is 4.89. The molecule has 180 valence electrons. The smallest absolute Gasteiger partial charge is 0.256 e. The number of aliphatic hydroxyl groups is 1. The van der Waals surface area contributed by atoms with Crippen LogP contribution in [0.3, 0.4) is 0 Å². The Morgan fingerprint density at radius 1 is 1.00 bits per heavy atom. The van der Waals surface area contributed by atoms with E-state index in [4.69, 9.17) is 9.47 Å². The third-order valence-electron chi connectivity index (χ3n) is 6.64. The molecule has 3 aromatic rings. The van der Waals surface area contributed by atoms with Crippen molar-refractivity contribution in [3.05, 3.63) is 89.5 Å². The van der Waals surface area contributed by atoms with E-state index >= 15 is 0 Å². The quantitative estimate of drug-likeness (QED) is 0.591. The van der Waals surface area contributed by atoms with Crippen LogP contribution in [-0.2, 0) is 17.8 Å². The Morgan fingerprint density at radius 3 is 2.37 bits per heavy atom. The SMILES string of the molecule is COc1cc2c(cc1OCc1ccccc1)N(C(=O)Cc1ccccc1)C(O)[C@@H]1CCCN1C2=O. The second-order valence-electron chi connectivity index (χ2n) is 8.84. The van der Waals surface area contributed by atoms with Gasteiger partial charge < -0.3 is 19.5 Å². The Balaban J connectivity index is 1.56. The fourth-order valence-corrected chi connectivity index (χ4v) is 4.89. The first-order valence-electron chi connectivity index (χ1n) is 11.8. The predicted octanol–water partition coefficient (Wildman–Crippen LogP) is 3.79. The zero-order valence-corrected chi connectivity index (χ0v) is 19.6. The van der Waals surface area contributed by atoms with Crippen molar-refractivity contribution in [1.82, 2.24) is 4.90 Å². The highest BCUT2D eigenvalue weighted by Gasteiger charge is 2.44. The van der Waals surface area contributed by atoms with Gasteiger partial charge in [0.05, 0.1) is 30.8 Å². The van der Waals surface area contributed by atoms with Crippen molar-refractivity contribution in [2.45, 2.75) is 38.1 Å². The summed E-state index contributed by atoms with van der Waals surface area (Å²) in [5.41, 5.74) is 2.46. The van der Waals surface area contributed by atoms with Crippen LogP contribution in [-0.4, -0.2) is 47.7 Å². The first-order chi connectivity index (χ1) is 17.1. The van der Waals surface area contributed by atoms with E-state index < -0.39 is 12.3 Å². The number of hydrogen-bond acceptors (Lipinski definition) is 5. The van der Waals surface area contributed by atoms with E-state index in [9.17, 15) is 14.7 Å². The molecule has 5 rings (SSSR count). The maximum Gasteiger partial charge on any atom is 0.256 e. The summed E-state index contributed by atoms with van der Waals surface area (Å²) in [4.78, 5) is 30.2. The van der Waals surface area contributed by atoms with Gasteiger partial charge in [-0.25, -0.2) is 0 Å². The number of amides is 2. The van der Waals surface area contributed by atoms with Crippen LogP contribution in [0.1, 0.15) is 34.3 Å². The average Bonchev–Trinajstić information content (AvgIpc) is 3.36. The minimum Gasteiger partial charge on any atom is -0.493 e. The standard InChI is InChI=1S/C28H28N2O5/c1-34-24-16-21-23(17-25(24)35-18-20-11-6-3-7-12-20)30(26(31)15-19-9-4-2-5-10-19)28(33)22-13-8-14-29(22)27(21)32/h2-7,9-12,16-17,22,28,33H,8,13-15,18H2,1H3/t22-,28?/m0/s1. The lowest BCUT2D eigenvalue weighted by Gasteiger charge is -2.32. The van der Waals surface area contributed by atoms with E-state index in [0.29, 0.717) is 42.3 Å². The third-order valence-corrected chi connectivity index (χ3v) is 6.64. The third kappa shape index (κ3) is 4.47. The molecule has 3 aromatic carbocycles. The van der Waals surface area contributed by atoms with Gasteiger partial charge in [-0.05, 0) is 30.0 Å². The van der Waals surface area contributed by atoms with E-state index in [0.717, 1.165) is 17.5 Å². The lowest BCUT2D eigenvalue weighted by Crippen LogP contribution is -2.51. The minimum atomic E-state index is -1.16. The van der Waals surface area contributed by atoms with Crippen molar-refractivity contribution in [1.29, 1.82) is 0 Å². The van der Waals surface area contributed by atoms with Crippen molar-refractivity contribution in [2.75, 3.05) is 18.6 Å². The number of carbonyl (C=O) groups excluding carboxylic acids is 2.